The summed E-state index contributed by atoms with van der Waals surface area (Å²) in [6.45, 7) is 2.50. The maximum Gasteiger partial charge on any atom is 0.307 e. The molecule has 3 N–H and O–H groups in total. The summed E-state index contributed by atoms with van der Waals surface area (Å²) in [5.41, 5.74) is 0. The molecule has 0 saturated carbocycles. The van der Waals surface area contributed by atoms with E-state index in [1.165, 1.54) is 0 Å². The zero-order chi connectivity index (χ0) is 15.3. The van der Waals surface area contributed by atoms with E-state index < -0.39 is 27.4 Å². The lowest BCUT2D eigenvalue weighted by Crippen LogP contribution is -2.54. The van der Waals surface area contributed by atoms with Gasteiger partial charge < -0.3 is 29.6 Å². The van der Waals surface area contributed by atoms with Gasteiger partial charge in [-0.3, -0.25) is 0 Å². The highest BCUT2D eigenvalue weighted by molar-refractivity contribution is 7.75. The van der Waals surface area contributed by atoms with E-state index in [0.29, 0.717) is 6.54 Å². The summed E-state index contributed by atoms with van der Waals surface area (Å²) in [5.74, 6) is 0. The molecule has 0 aromatic heterocycles. The van der Waals surface area contributed by atoms with E-state index in [9.17, 15) is 24.7 Å². The second kappa shape index (κ2) is 7.52. The summed E-state index contributed by atoms with van der Waals surface area (Å²) >= 11 is 0. The van der Waals surface area contributed by atoms with E-state index >= 15 is 0 Å². The molecule has 0 bridgehead atoms. The van der Waals surface area contributed by atoms with Gasteiger partial charge in [-0.25, -0.2) is 9.79 Å². The average Bonchev–Trinajstić information content (AvgIpc) is 2.23. The first kappa shape index (κ1) is 19.5. The molecule has 0 aliphatic rings. The van der Waals surface area contributed by atoms with Crippen LogP contribution in [0.4, 0.5) is 0 Å². The van der Waals surface area contributed by atoms with Crippen molar-refractivity contribution in [1.29, 1.82) is 0 Å². The van der Waals surface area contributed by atoms with Crippen LogP contribution in [0.1, 0.15) is 32.6 Å². The predicted octanol–water partition coefficient (Wildman–Crippen LogP) is -2.90. The highest BCUT2D eigenvalue weighted by Gasteiger charge is 2.56. The van der Waals surface area contributed by atoms with Crippen molar-refractivity contribution in [2.45, 2.75) is 37.7 Å². The summed E-state index contributed by atoms with van der Waals surface area (Å²) in [5, 5.41) is 6.00. The zero-order valence-electron chi connectivity index (χ0n) is 11.1. The molecular weight excluding hydrogens is 296 g/mol. The molecular formula is C9H21NO7P2-2. The standard InChI is InChI=1S/C9H23NO7P2/c1-3-4-5-7-10(2)8-6-9(11,18(12,13)14)19(15,16)17/h11H,3-8H2,1-2H3,(H2,12,13,14)(H2,15,16,17)/p-2. The third-order valence-corrected chi connectivity index (χ3v) is 6.65. The summed E-state index contributed by atoms with van der Waals surface area (Å²) < 4.78 is 0. The van der Waals surface area contributed by atoms with Crippen molar-refractivity contribution in [3.8, 4) is 0 Å². The maximum atomic E-state index is 11.0. The first-order valence-electron chi connectivity index (χ1n) is 5.94. The van der Waals surface area contributed by atoms with Gasteiger partial charge in [0.15, 0.2) is 0 Å². The number of aliphatic hydroxyl groups is 1. The van der Waals surface area contributed by atoms with Gasteiger partial charge in [-0.1, -0.05) is 27.7 Å². The van der Waals surface area contributed by atoms with E-state index in [1.54, 1.807) is 11.9 Å². The lowest BCUT2D eigenvalue weighted by atomic mass is 10.2. The van der Waals surface area contributed by atoms with Crippen LogP contribution in [-0.4, -0.2) is 45.0 Å². The van der Waals surface area contributed by atoms with Gasteiger partial charge in [-0.15, -0.1) is 0 Å². The Morgan fingerprint density at radius 2 is 1.58 bits per heavy atom. The number of hydrogen-bond donors (Lipinski definition) is 3. The zero-order valence-corrected chi connectivity index (χ0v) is 12.8. The Kier molecular flexibility index (Phi) is 7.73. The van der Waals surface area contributed by atoms with E-state index in [4.69, 9.17) is 9.79 Å². The lowest BCUT2D eigenvalue weighted by Gasteiger charge is -2.53. The Hall–Kier alpha value is 0.540. The molecule has 1 atom stereocenters. The van der Waals surface area contributed by atoms with Gasteiger partial charge >= 0.3 is 13.0 Å². The molecule has 116 valence electrons. The van der Waals surface area contributed by atoms with Crippen LogP contribution in [0.15, 0.2) is 0 Å². The fourth-order valence-electron chi connectivity index (χ4n) is 1.53. The summed E-state index contributed by atoms with van der Waals surface area (Å²) in [4.78, 5) is 63.0. The van der Waals surface area contributed by atoms with Crippen LogP contribution >= 0.6 is 15.9 Å². The normalized spacial score (nSPS) is 16.7. The second-order valence-electron chi connectivity index (χ2n) is 4.58. The van der Waals surface area contributed by atoms with E-state index in [-0.39, 0.29) is 6.54 Å². The highest BCUT2D eigenvalue weighted by Crippen LogP contribution is 2.69. The van der Waals surface area contributed by atoms with Crippen LogP contribution < -0.4 is 19.6 Å². The molecule has 0 saturated heterocycles. The van der Waals surface area contributed by atoms with Crippen LogP contribution in [0.2, 0.25) is 0 Å². The Morgan fingerprint density at radius 1 is 1.05 bits per heavy atom. The van der Waals surface area contributed by atoms with Crippen LogP contribution in [-0.2, 0) is 0 Å². The lowest BCUT2D eigenvalue weighted by molar-refractivity contribution is -0.440. The van der Waals surface area contributed by atoms with Crippen LogP contribution in [0, 0.1) is 0 Å². The van der Waals surface area contributed by atoms with Crippen molar-refractivity contribution in [3.05, 3.63) is 0 Å². The van der Waals surface area contributed by atoms with E-state index in [2.05, 4.69) is 0 Å². The molecule has 0 rings (SSSR count). The first-order valence-corrected chi connectivity index (χ1v) is 9.10. The van der Waals surface area contributed by atoms with Crippen molar-refractivity contribution in [2.24, 2.45) is 0 Å². The Balaban J connectivity index is 4.54. The molecule has 0 aliphatic carbocycles. The van der Waals surface area contributed by atoms with Gasteiger partial charge in [0, 0.05) is 6.54 Å². The molecule has 10 heteroatoms. The molecule has 0 fully saturated rings. The molecule has 1 unspecified atom stereocenters. The number of nitrogens with zero attached hydrogens (tertiary/aromatic N) is 1. The summed E-state index contributed by atoms with van der Waals surface area (Å²) in [7, 11) is -9.67. The average molecular weight is 317 g/mol. The van der Waals surface area contributed by atoms with Crippen LogP contribution in [0.25, 0.3) is 0 Å². The SMILES string of the molecule is CCCCCN(C)CCC(O)([P+]([O-])([O-])[O-])[P+]([O-])(O)O. The minimum absolute atomic E-state index is 0.0974. The Bertz CT molecular complexity index is 252. The molecule has 0 amide bonds. The van der Waals surface area contributed by atoms with Gasteiger partial charge in [-0.2, -0.15) is 0 Å². The van der Waals surface area contributed by atoms with Crippen molar-refractivity contribution in [2.75, 3.05) is 20.1 Å². The molecule has 0 aliphatic heterocycles. The Labute approximate surface area is 114 Å². The number of unbranched alkanes of at least 4 members (excludes halogenated alkanes) is 2. The summed E-state index contributed by atoms with van der Waals surface area (Å²) in [6.07, 6.45) is 1.99. The smallest absolute Gasteiger partial charge is 0.307 e. The van der Waals surface area contributed by atoms with E-state index in [1.807, 2.05) is 6.92 Å². The van der Waals surface area contributed by atoms with Gasteiger partial charge in [0.25, 0.3) is 0 Å². The Morgan fingerprint density at radius 3 is 1.95 bits per heavy atom. The van der Waals surface area contributed by atoms with E-state index in [0.717, 1.165) is 19.3 Å². The summed E-state index contributed by atoms with van der Waals surface area (Å²) in [6, 6.07) is 0. The van der Waals surface area contributed by atoms with Gasteiger partial charge in [0.2, 0.25) is 0 Å². The molecule has 19 heavy (non-hydrogen) atoms. The quantitative estimate of drug-likeness (QED) is 0.302. The molecule has 0 spiro atoms. The predicted molar refractivity (Wildman–Crippen MR) is 64.9 cm³/mol. The fourth-order valence-corrected chi connectivity index (χ4v) is 3.57. The number of hydrogen-bond acceptors (Lipinski definition) is 8. The molecule has 8 nitrogen and oxygen atoms in total. The minimum Gasteiger partial charge on any atom is -0.682 e. The first-order chi connectivity index (χ1) is 8.45. The fraction of sp³-hybridized carbons (Fsp3) is 1.00. The second-order valence-corrected chi connectivity index (χ2v) is 8.49. The van der Waals surface area contributed by atoms with Crippen molar-refractivity contribution < 1.29 is 34.5 Å². The highest BCUT2D eigenvalue weighted by atomic mass is 31.3. The van der Waals surface area contributed by atoms with Crippen molar-refractivity contribution in [1.82, 2.24) is 4.90 Å². The largest absolute Gasteiger partial charge is 0.682 e. The minimum atomic E-state index is -5.83. The molecule has 0 aromatic rings. The van der Waals surface area contributed by atoms with Crippen molar-refractivity contribution >= 4 is 15.9 Å². The monoisotopic (exact) mass is 317 g/mol. The molecule has 0 heterocycles. The van der Waals surface area contributed by atoms with Gasteiger partial charge in [0.1, 0.15) is 0 Å². The molecule has 0 aromatic carbocycles. The van der Waals surface area contributed by atoms with Gasteiger partial charge in [-0.05, 0) is 20.0 Å². The third kappa shape index (κ3) is 5.81. The third-order valence-electron chi connectivity index (χ3n) is 2.88. The van der Waals surface area contributed by atoms with Crippen LogP contribution in [0.3, 0.4) is 0 Å². The van der Waals surface area contributed by atoms with Gasteiger partial charge in [0.05, 0.1) is 6.42 Å². The topological polar surface area (TPSA) is 156 Å². The molecule has 0 radical (unpaired) electrons. The maximum absolute atomic E-state index is 11.0. The number of rotatable bonds is 9. The van der Waals surface area contributed by atoms with Crippen molar-refractivity contribution in [3.63, 3.8) is 0 Å². The van der Waals surface area contributed by atoms with Crippen LogP contribution in [0.5, 0.6) is 0 Å².